The van der Waals surface area contributed by atoms with Crippen molar-refractivity contribution in [3.63, 3.8) is 0 Å². The maximum Gasteiger partial charge on any atom is 0.142 e. The molecule has 1 aromatic heterocycles. The zero-order valence-corrected chi connectivity index (χ0v) is 15.1. The van der Waals surface area contributed by atoms with E-state index in [1.807, 2.05) is 24.5 Å². The third kappa shape index (κ3) is 3.97. The van der Waals surface area contributed by atoms with Crippen molar-refractivity contribution in [1.29, 1.82) is 0 Å². The number of benzene rings is 1. The lowest BCUT2D eigenvalue weighted by Gasteiger charge is -2.38. The van der Waals surface area contributed by atoms with Crippen LogP contribution >= 0.6 is 11.6 Å². The van der Waals surface area contributed by atoms with Crippen molar-refractivity contribution in [2.75, 3.05) is 19.7 Å². The maximum absolute atomic E-state index is 6.13. The van der Waals surface area contributed by atoms with Crippen LogP contribution in [-0.2, 0) is 13.0 Å². The second-order valence-electron chi connectivity index (χ2n) is 6.93. The SMILES string of the molecule is Clc1ccc(CC2COc3cnccc3CN2C2CCNCC2)cc1. The predicted octanol–water partition coefficient (Wildman–Crippen LogP) is 3.29. The molecule has 2 aliphatic rings. The minimum atomic E-state index is 0.358. The molecule has 1 saturated heterocycles. The van der Waals surface area contributed by atoms with Gasteiger partial charge in [0.25, 0.3) is 0 Å². The third-order valence-electron chi connectivity index (χ3n) is 5.29. The van der Waals surface area contributed by atoms with Crippen LogP contribution in [0.15, 0.2) is 42.7 Å². The van der Waals surface area contributed by atoms with Crippen LogP contribution in [0.25, 0.3) is 0 Å². The number of aromatic nitrogens is 1. The van der Waals surface area contributed by atoms with E-state index in [9.17, 15) is 0 Å². The zero-order chi connectivity index (χ0) is 17.1. The number of piperidine rings is 1. The fourth-order valence-electron chi connectivity index (χ4n) is 3.91. The van der Waals surface area contributed by atoms with Gasteiger partial charge in [0.1, 0.15) is 12.4 Å². The normalized spacial score (nSPS) is 22.0. The Kier molecular flexibility index (Phi) is 5.20. The summed E-state index contributed by atoms with van der Waals surface area (Å²) in [7, 11) is 0. The van der Waals surface area contributed by atoms with Crippen LogP contribution in [0.2, 0.25) is 5.02 Å². The Morgan fingerprint density at radius 3 is 2.76 bits per heavy atom. The molecule has 0 amide bonds. The fourth-order valence-corrected chi connectivity index (χ4v) is 4.04. The second-order valence-corrected chi connectivity index (χ2v) is 7.37. The van der Waals surface area contributed by atoms with Crippen molar-refractivity contribution < 1.29 is 4.74 Å². The predicted molar refractivity (Wildman–Crippen MR) is 100 cm³/mol. The van der Waals surface area contributed by atoms with E-state index in [1.165, 1.54) is 24.0 Å². The van der Waals surface area contributed by atoms with Gasteiger partial charge >= 0.3 is 0 Å². The molecule has 1 unspecified atom stereocenters. The number of pyridine rings is 1. The van der Waals surface area contributed by atoms with Crippen LogP contribution in [0, 0.1) is 0 Å². The summed E-state index contributed by atoms with van der Waals surface area (Å²) in [5, 5.41) is 4.26. The molecule has 3 heterocycles. The van der Waals surface area contributed by atoms with E-state index in [2.05, 4.69) is 33.4 Å². The molecule has 0 bridgehead atoms. The van der Waals surface area contributed by atoms with E-state index < -0.39 is 0 Å². The molecule has 132 valence electrons. The van der Waals surface area contributed by atoms with Gasteiger partial charge in [-0.15, -0.1) is 0 Å². The first-order valence-corrected chi connectivity index (χ1v) is 9.44. The van der Waals surface area contributed by atoms with Gasteiger partial charge in [0, 0.05) is 35.4 Å². The average Bonchev–Trinajstić information content (AvgIpc) is 2.84. The molecule has 0 spiro atoms. The van der Waals surface area contributed by atoms with Crippen molar-refractivity contribution in [2.45, 2.75) is 37.9 Å². The maximum atomic E-state index is 6.13. The molecular formula is C20H24ClN3O. The first-order chi connectivity index (χ1) is 12.3. The van der Waals surface area contributed by atoms with Gasteiger partial charge in [-0.1, -0.05) is 23.7 Å². The average molecular weight is 358 g/mol. The molecule has 2 aromatic rings. The standard InChI is InChI=1S/C20H24ClN3O/c21-17-3-1-15(2-4-17)11-19-14-25-20-12-23-8-5-16(20)13-24(19)18-6-9-22-10-7-18/h1-5,8,12,18-19,22H,6-7,9-11,13-14H2. The summed E-state index contributed by atoms with van der Waals surface area (Å²) in [5.74, 6) is 0.931. The highest BCUT2D eigenvalue weighted by molar-refractivity contribution is 6.30. The van der Waals surface area contributed by atoms with Gasteiger partial charge in [-0.05, 0) is 56.1 Å². The smallest absolute Gasteiger partial charge is 0.142 e. The van der Waals surface area contributed by atoms with Gasteiger partial charge in [0.15, 0.2) is 0 Å². The third-order valence-corrected chi connectivity index (χ3v) is 5.54. The molecule has 0 saturated carbocycles. The zero-order valence-electron chi connectivity index (χ0n) is 14.3. The van der Waals surface area contributed by atoms with E-state index in [0.29, 0.717) is 18.7 Å². The number of ether oxygens (including phenoxy) is 1. The number of rotatable bonds is 3. The Labute approximate surface area is 154 Å². The summed E-state index contributed by atoms with van der Waals surface area (Å²) < 4.78 is 6.13. The molecule has 4 nitrogen and oxygen atoms in total. The fraction of sp³-hybridized carbons (Fsp3) is 0.450. The van der Waals surface area contributed by atoms with E-state index in [1.54, 1.807) is 0 Å². The first-order valence-electron chi connectivity index (χ1n) is 9.06. The summed E-state index contributed by atoms with van der Waals surface area (Å²) in [5.41, 5.74) is 2.55. The van der Waals surface area contributed by atoms with Crippen molar-refractivity contribution in [2.24, 2.45) is 0 Å². The van der Waals surface area contributed by atoms with Crippen LogP contribution in [0.5, 0.6) is 5.75 Å². The van der Waals surface area contributed by atoms with E-state index in [0.717, 1.165) is 36.8 Å². The van der Waals surface area contributed by atoms with Crippen LogP contribution in [0.1, 0.15) is 24.0 Å². The molecule has 0 aliphatic carbocycles. The van der Waals surface area contributed by atoms with Gasteiger partial charge in [-0.25, -0.2) is 0 Å². The molecule has 5 heteroatoms. The molecule has 1 aromatic carbocycles. The number of hydrogen-bond acceptors (Lipinski definition) is 4. The van der Waals surface area contributed by atoms with Crippen LogP contribution in [0.4, 0.5) is 0 Å². The molecular weight excluding hydrogens is 334 g/mol. The van der Waals surface area contributed by atoms with E-state index in [-0.39, 0.29) is 0 Å². The van der Waals surface area contributed by atoms with Crippen LogP contribution in [0.3, 0.4) is 0 Å². The summed E-state index contributed by atoms with van der Waals surface area (Å²) in [6, 6.07) is 11.3. The van der Waals surface area contributed by atoms with Crippen LogP contribution in [-0.4, -0.2) is 41.7 Å². The lowest BCUT2D eigenvalue weighted by molar-refractivity contribution is 0.0800. The molecule has 2 aliphatic heterocycles. The van der Waals surface area contributed by atoms with Gasteiger partial charge in [-0.3, -0.25) is 9.88 Å². The van der Waals surface area contributed by atoms with E-state index >= 15 is 0 Å². The largest absolute Gasteiger partial charge is 0.490 e. The highest BCUT2D eigenvalue weighted by Gasteiger charge is 2.31. The Morgan fingerprint density at radius 1 is 1.16 bits per heavy atom. The molecule has 1 N–H and O–H groups in total. The Balaban J connectivity index is 1.59. The minimum absolute atomic E-state index is 0.358. The number of nitrogens with zero attached hydrogens (tertiary/aromatic N) is 2. The van der Waals surface area contributed by atoms with Gasteiger partial charge in [-0.2, -0.15) is 0 Å². The first kappa shape index (κ1) is 16.8. The van der Waals surface area contributed by atoms with Gasteiger partial charge < -0.3 is 10.1 Å². The monoisotopic (exact) mass is 357 g/mol. The molecule has 4 rings (SSSR count). The molecule has 1 fully saturated rings. The minimum Gasteiger partial charge on any atom is -0.490 e. The van der Waals surface area contributed by atoms with Crippen molar-refractivity contribution in [1.82, 2.24) is 15.2 Å². The number of hydrogen-bond donors (Lipinski definition) is 1. The van der Waals surface area contributed by atoms with Gasteiger partial charge in [0.05, 0.1) is 6.20 Å². The van der Waals surface area contributed by atoms with E-state index in [4.69, 9.17) is 16.3 Å². The van der Waals surface area contributed by atoms with Crippen molar-refractivity contribution >= 4 is 11.6 Å². The lowest BCUT2D eigenvalue weighted by Crippen LogP contribution is -2.49. The Hall–Kier alpha value is -1.62. The number of fused-ring (bicyclic) bond motifs is 1. The highest BCUT2D eigenvalue weighted by Crippen LogP contribution is 2.29. The Morgan fingerprint density at radius 2 is 1.96 bits per heavy atom. The molecule has 0 radical (unpaired) electrons. The number of halogens is 1. The number of nitrogens with one attached hydrogen (secondary N) is 1. The summed E-state index contributed by atoms with van der Waals surface area (Å²) >= 11 is 6.04. The van der Waals surface area contributed by atoms with Gasteiger partial charge in [0.2, 0.25) is 0 Å². The summed E-state index contributed by atoms with van der Waals surface area (Å²) in [6.07, 6.45) is 7.07. The lowest BCUT2D eigenvalue weighted by atomic mass is 9.98. The van der Waals surface area contributed by atoms with Crippen molar-refractivity contribution in [3.05, 3.63) is 58.9 Å². The van der Waals surface area contributed by atoms with Crippen molar-refractivity contribution in [3.8, 4) is 5.75 Å². The topological polar surface area (TPSA) is 37.4 Å². The highest BCUT2D eigenvalue weighted by atomic mass is 35.5. The summed E-state index contributed by atoms with van der Waals surface area (Å²) in [4.78, 5) is 6.88. The second kappa shape index (κ2) is 7.73. The molecule has 25 heavy (non-hydrogen) atoms. The molecule has 1 atom stereocenters. The summed E-state index contributed by atoms with van der Waals surface area (Å²) in [6.45, 7) is 3.82. The van der Waals surface area contributed by atoms with Crippen LogP contribution < -0.4 is 10.1 Å². The quantitative estimate of drug-likeness (QED) is 0.914. The Bertz CT molecular complexity index is 700.